The van der Waals surface area contributed by atoms with E-state index in [1.165, 1.54) is 11.1 Å². The van der Waals surface area contributed by atoms with Gasteiger partial charge in [-0.25, -0.2) is 0 Å². The molecule has 0 heterocycles. The van der Waals surface area contributed by atoms with Gasteiger partial charge in [0.25, 0.3) is 0 Å². The second kappa shape index (κ2) is 6.95. The Morgan fingerprint density at radius 2 is 1.91 bits per heavy atom. The third-order valence-electron chi connectivity index (χ3n) is 4.67. The monoisotopic (exact) mass is 303 g/mol. The summed E-state index contributed by atoms with van der Waals surface area (Å²) in [5, 5.41) is 12.1. The molecule has 1 aromatic rings. The van der Waals surface area contributed by atoms with Crippen LogP contribution in [-0.4, -0.2) is 22.5 Å². The normalized spacial score (nSPS) is 17.9. The predicted octanol–water partition coefficient (Wildman–Crippen LogP) is 3.39. The average Bonchev–Trinajstić information content (AvgIpc) is 2.85. The van der Waals surface area contributed by atoms with Crippen molar-refractivity contribution in [3.63, 3.8) is 0 Å². The molecule has 1 unspecified atom stereocenters. The van der Waals surface area contributed by atoms with Gasteiger partial charge in [0.05, 0.1) is 12.0 Å². The molecule has 0 saturated heterocycles. The summed E-state index contributed by atoms with van der Waals surface area (Å²) in [6.07, 6.45) is 3.93. The molecule has 0 aromatic heterocycles. The fourth-order valence-electron chi connectivity index (χ4n) is 3.56. The lowest BCUT2D eigenvalue weighted by molar-refractivity contribution is -0.139. The number of carboxylic acids is 1. The zero-order chi connectivity index (χ0) is 16.2. The Morgan fingerprint density at radius 3 is 2.50 bits per heavy atom. The molecule has 1 aliphatic rings. The summed E-state index contributed by atoms with van der Waals surface area (Å²) in [4.78, 5) is 23.5. The smallest absolute Gasteiger partial charge is 0.305 e. The molecule has 1 saturated carbocycles. The highest BCUT2D eigenvalue weighted by molar-refractivity contribution is 5.79. The molecule has 0 radical (unpaired) electrons. The molecular weight excluding hydrogens is 278 g/mol. The summed E-state index contributed by atoms with van der Waals surface area (Å²) < 4.78 is 0. The van der Waals surface area contributed by atoms with Crippen LogP contribution in [0.2, 0.25) is 0 Å². The van der Waals surface area contributed by atoms with E-state index in [0.717, 1.165) is 25.7 Å². The van der Waals surface area contributed by atoms with Crippen molar-refractivity contribution in [1.29, 1.82) is 0 Å². The van der Waals surface area contributed by atoms with E-state index in [1.54, 1.807) is 0 Å². The fourth-order valence-corrected chi connectivity index (χ4v) is 3.56. The number of carbonyl (C=O) groups excluding carboxylic acids is 1. The van der Waals surface area contributed by atoms with Crippen molar-refractivity contribution < 1.29 is 14.7 Å². The van der Waals surface area contributed by atoms with Crippen LogP contribution >= 0.6 is 0 Å². The topological polar surface area (TPSA) is 66.4 Å². The number of hydrogen-bond acceptors (Lipinski definition) is 2. The van der Waals surface area contributed by atoms with Crippen molar-refractivity contribution in [3.05, 3.63) is 35.4 Å². The summed E-state index contributed by atoms with van der Waals surface area (Å²) in [7, 11) is 0. The molecule has 120 valence electrons. The van der Waals surface area contributed by atoms with Gasteiger partial charge in [-0.2, -0.15) is 0 Å². The molecule has 2 N–H and O–H groups in total. The molecule has 0 spiro atoms. The fraction of sp³-hybridized carbons (Fsp3) is 0.556. The number of amides is 1. The maximum Gasteiger partial charge on any atom is 0.305 e. The first-order valence-corrected chi connectivity index (χ1v) is 8.00. The van der Waals surface area contributed by atoms with E-state index in [9.17, 15) is 9.59 Å². The first-order chi connectivity index (χ1) is 10.4. The summed E-state index contributed by atoms with van der Waals surface area (Å²) in [5.41, 5.74) is 1.83. The molecular formula is C18H25NO3. The minimum absolute atomic E-state index is 0.0253. The van der Waals surface area contributed by atoms with Crippen LogP contribution in [0.25, 0.3) is 0 Å². The van der Waals surface area contributed by atoms with E-state index in [2.05, 4.69) is 11.4 Å². The molecule has 1 aromatic carbocycles. The number of benzene rings is 1. The number of aryl methyl sites for hydroxylation is 1. The first-order valence-electron chi connectivity index (χ1n) is 8.00. The van der Waals surface area contributed by atoms with Crippen molar-refractivity contribution in [2.45, 2.75) is 63.8 Å². The summed E-state index contributed by atoms with van der Waals surface area (Å²) in [5.74, 6) is -0.752. The van der Waals surface area contributed by atoms with E-state index in [-0.39, 0.29) is 18.2 Å². The Hall–Kier alpha value is -1.84. The lowest BCUT2D eigenvalue weighted by Crippen LogP contribution is -2.48. The quantitative estimate of drug-likeness (QED) is 0.846. The highest BCUT2D eigenvalue weighted by atomic mass is 16.4. The highest BCUT2D eigenvalue weighted by Gasteiger charge is 2.37. The van der Waals surface area contributed by atoms with Crippen LogP contribution < -0.4 is 5.32 Å². The third kappa shape index (κ3) is 4.09. The van der Waals surface area contributed by atoms with Crippen molar-refractivity contribution in [1.82, 2.24) is 5.32 Å². The molecule has 0 bridgehead atoms. The second-order valence-electron chi connectivity index (χ2n) is 6.57. The molecule has 4 nitrogen and oxygen atoms in total. The van der Waals surface area contributed by atoms with Gasteiger partial charge in [0, 0.05) is 6.42 Å². The summed E-state index contributed by atoms with van der Waals surface area (Å²) >= 11 is 0. The van der Waals surface area contributed by atoms with E-state index >= 15 is 0 Å². The van der Waals surface area contributed by atoms with Crippen LogP contribution in [0.3, 0.4) is 0 Å². The van der Waals surface area contributed by atoms with Gasteiger partial charge in [-0.1, -0.05) is 44.0 Å². The predicted molar refractivity (Wildman–Crippen MR) is 85.8 cm³/mol. The molecule has 2 rings (SSSR count). The molecule has 4 heteroatoms. The van der Waals surface area contributed by atoms with Gasteiger partial charge < -0.3 is 10.4 Å². The first kappa shape index (κ1) is 16.5. The van der Waals surface area contributed by atoms with Gasteiger partial charge >= 0.3 is 5.97 Å². The number of hydrogen-bond donors (Lipinski definition) is 2. The number of aliphatic carboxylic acids is 1. The van der Waals surface area contributed by atoms with Crippen LogP contribution in [0.4, 0.5) is 0 Å². The van der Waals surface area contributed by atoms with Gasteiger partial charge in [-0.15, -0.1) is 0 Å². The molecule has 1 amide bonds. The SMILES string of the molecule is Cc1ccccc1C(C)CC(=O)NC1(CC(=O)O)CCCC1. The van der Waals surface area contributed by atoms with Crippen molar-refractivity contribution in [3.8, 4) is 0 Å². The van der Waals surface area contributed by atoms with Crippen molar-refractivity contribution in [2.24, 2.45) is 0 Å². The third-order valence-corrected chi connectivity index (χ3v) is 4.67. The minimum Gasteiger partial charge on any atom is -0.481 e. The van der Waals surface area contributed by atoms with Gasteiger partial charge in [0.1, 0.15) is 0 Å². The lowest BCUT2D eigenvalue weighted by Gasteiger charge is -2.29. The van der Waals surface area contributed by atoms with E-state index in [0.29, 0.717) is 6.42 Å². The Morgan fingerprint density at radius 1 is 1.27 bits per heavy atom. The number of carbonyl (C=O) groups is 2. The second-order valence-corrected chi connectivity index (χ2v) is 6.57. The van der Waals surface area contributed by atoms with Gasteiger partial charge in [-0.05, 0) is 36.8 Å². The van der Waals surface area contributed by atoms with Crippen LogP contribution in [0.5, 0.6) is 0 Å². The van der Waals surface area contributed by atoms with E-state index in [4.69, 9.17) is 5.11 Å². The Balaban J connectivity index is 1.99. The van der Waals surface area contributed by atoms with Crippen LogP contribution in [0.15, 0.2) is 24.3 Å². The Bertz CT molecular complexity index is 547. The summed E-state index contributed by atoms with van der Waals surface area (Å²) in [6, 6.07) is 8.08. The van der Waals surface area contributed by atoms with E-state index in [1.807, 2.05) is 32.0 Å². The van der Waals surface area contributed by atoms with Gasteiger partial charge in [-0.3, -0.25) is 9.59 Å². The van der Waals surface area contributed by atoms with E-state index < -0.39 is 11.5 Å². The zero-order valence-electron chi connectivity index (χ0n) is 13.4. The Kier molecular flexibility index (Phi) is 5.22. The van der Waals surface area contributed by atoms with Crippen LogP contribution in [-0.2, 0) is 9.59 Å². The average molecular weight is 303 g/mol. The summed E-state index contributed by atoms with van der Waals surface area (Å²) in [6.45, 7) is 4.09. The van der Waals surface area contributed by atoms with Crippen LogP contribution in [0, 0.1) is 6.92 Å². The largest absolute Gasteiger partial charge is 0.481 e. The standard InChI is InChI=1S/C18H25NO3/c1-13-7-3-4-8-15(13)14(2)11-16(20)19-18(12-17(21)22)9-5-6-10-18/h3-4,7-8,14H,5-6,9-12H2,1-2H3,(H,19,20)(H,21,22). The van der Waals surface area contributed by atoms with Gasteiger partial charge in [0.15, 0.2) is 0 Å². The molecule has 1 atom stereocenters. The van der Waals surface area contributed by atoms with Crippen molar-refractivity contribution in [2.75, 3.05) is 0 Å². The Labute approximate surface area is 131 Å². The molecule has 1 fully saturated rings. The zero-order valence-corrected chi connectivity index (χ0v) is 13.4. The maximum atomic E-state index is 12.4. The van der Waals surface area contributed by atoms with Gasteiger partial charge in [0.2, 0.25) is 5.91 Å². The lowest BCUT2D eigenvalue weighted by atomic mass is 9.90. The van der Waals surface area contributed by atoms with Crippen molar-refractivity contribution >= 4 is 11.9 Å². The maximum absolute atomic E-state index is 12.4. The number of rotatable bonds is 6. The number of carboxylic acid groups (broad SMARTS) is 1. The number of nitrogens with one attached hydrogen (secondary N) is 1. The molecule has 0 aliphatic heterocycles. The molecule has 1 aliphatic carbocycles. The minimum atomic E-state index is -0.839. The van der Waals surface area contributed by atoms with Crippen LogP contribution in [0.1, 0.15) is 62.5 Å². The molecule has 22 heavy (non-hydrogen) atoms. The highest BCUT2D eigenvalue weighted by Crippen LogP contribution is 2.33.